The molecule has 1 saturated heterocycles. The standard InChI is InChI=1S/C16H24N2O3/c1-20-12-14-5-3-2-4-13(14)10-17-11-16(19)18-15-6-8-21-9-7-15/h2-5,15,17H,6-12H2,1H3,(H,18,19). The lowest BCUT2D eigenvalue weighted by molar-refractivity contribution is -0.121. The van der Waals surface area contributed by atoms with E-state index in [0.29, 0.717) is 19.7 Å². The summed E-state index contributed by atoms with van der Waals surface area (Å²) >= 11 is 0. The molecule has 0 radical (unpaired) electrons. The number of ether oxygens (including phenoxy) is 2. The first-order valence-electron chi connectivity index (χ1n) is 7.43. The molecular formula is C16H24N2O3. The van der Waals surface area contributed by atoms with Crippen molar-refractivity contribution in [1.29, 1.82) is 0 Å². The second-order valence-electron chi connectivity index (χ2n) is 5.26. The van der Waals surface area contributed by atoms with Gasteiger partial charge in [-0.3, -0.25) is 4.79 Å². The Kier molecular flexibility index (Phi) is 6.66. The van der Waals surface area contributed by atoms with Crippen molar-refractivity contribution < 1.29 is 14.3 Å². The van der Waals surface area contributed by atoms with E-state index in [2.05, 4.69) is 16.7 Å². The summed E-state index contributed by atoms with van der Waals surface area (Å²) in [5, 5.41) is 6.23. The van der Waals surface area contributed by atoms with Crippen molar-refractivity contribution in [3.63, 3.8) is 0 Å². The highest BCUT2D eigenvalue weighted by Crippen LogP contribution is 2.09. The highest BCUT2D eigenvalue weighted by molar-refractivity contribution is 5.78. The van der Waals surface area contributed by atoms with Gasteiger partial charge in [-0.25, -0.2) is 0 Å². The van der Waals surface area contributed by atoms with Crippen LogP contribution < -0.4 is 10.6 Å². The monoisotopic (exact) mass is 292 g/mol. The van der Waals surface area contributed by atoms with Crippen molar-refractivity contribution in [2.45, 2.75) is 32.0 Å². The molecule has 0 saturated carbocycles. The molecule has 2 N–H and O–H groups in total. The van der Waals surface area contributed by atoms with E-state index < -0.39 is 0 Å². The van der Waals surface area contributed by atoms with Gasteiger partial charge >= 0.3 is 0 Å². The van der Waals surface area contributed by atoms with E-state index in [1.54, 1.807) is 7.11 Å². The third-order valence-electron chi connectivity index (χ3n) is 3.61. The van der Waals surface area contributed by atoms with Gasteiger partial charge in [0.1, 0.15) is 0 Å². The van der Waals surface area contributed by atoms with Gasteiger partial charge in [0, 0.05) is 32.9 Å². The first kappa shape index (κ1) is 15.9. The summed E-state index contributed by atoms with van der Waals surface area (Å²) in [5.74, 6) is 0.0473. The van der Waals surface area contributed by atoms with Crippen LogP contribution in [0.1, 0.15) is 24.0 Å². The summed E-state index contributed by atoms with van der Waals surface area (Å²) < 4.78 is 10.5. The molecule has 116 valence electrons. The van der Waals surface area contributed by atoms with Crippen LogP contribution in [0.4, 0.5) is 0 Å². The van der Waals surface area contributed by atoms with E-state index in [1.807, 2.05) is 18.2 Å². The third-order valence-corrected chi connectivity index (χ3v) is 3.61. The number of nitrogens with one attached hydrogen (secondary N) is 2. The van der Waals surface area contributed by atoms with Crippen LogP contribution in [0.25, 0.3) is 0 Å². The number of rotatable bonds is 7. The van der Waals surface area contributed by atoms with Crippen molar-refractivity contribution >= 4 is 5.91 Å². The largest absolute Gasteiger partial charge is 0.381 e. The average Bonchev–Trinajstić information content (AvgIpc) is 2.50. The zero-order valence-electron chi connectivity index (χ0n) is 12.6. The summed E-state index contributed by atoms with van der Waals surface area (Å²) in [6.45, 7) is 3.07. The number of methoxy groups -OCH3 is 1. The third kappa shape index (κ3) is 5.46. The summed E-state index contributed by atoms with van der Waals surface area (Å²) in [5.41, 5.74) is 2.32. The molecule has 0 aliphatic carbocycles. The highest BCUT2D eigenvalue weighted by atomic mass is 16.5. The van der Waals surface area contributed by atoms with Crippen molar-refractivity contribution in [2.75, 3.05) is 26.9 Å². The van der Waals surface area contributed by atoms with E-state index in [4.69, 9.17) is 9.47 Å². The van der Waals surface area contributed by atoms with Gasteiger partial charge in [0.25, 0.3) is 0 Å². The fourth-order valence-electron chi connectivity index (χ4n) is 2.46. The molecule has 1 aromatic rings. The predicted molar refractivity (Wildman–Crippen MR) is 80.8 cm³/mol. The maximum absolute atomic E-state index is 11.9. The van der Waals surface area contributed by atoms with Gasteiger partial charge in [-0.1, -0.05) is 24.3 Å². The van der Waals surface area contributed by atoms with Crippen LogP contribution in [0.2, 0.25) is 0 Å². The topological polar surface area (TPSA) is 59.6 Å². The summed E-state index contributed by atoms with van der Waals surface area (Å²) in [6.07, 6.45) is 1.81. The number of benzene rings is 1. The minimum absolute atomic E-state index is 0.0473. The van der Waals surface area contributed by atoms with E-state index in [1.165, 1.54) is 5.56 Å². The lowest BCUT2D eigenvalue weighted by Crippen LogP contribution is -2.42. The zero-order chi connectivity index (χ0) is 14.9. The summed E-state index contributed by atoms with van der Waals surface area (Å²) in [6, 6.07) is 8.35. The Morgan fingerprint density at radius 3 is 2.71 bits per heavy atom. The Labute approximate surface area is 126 Å². The molecule has 0 bridgehead atoms. The molecule has 5 heteroatoms. The molecule has 0 aromatic heterocycles. The minimum Gasteiger partial charge on any atom is -0.381 e. The molecule has 1 amide bonds. The Morgan fingerprint density at radius 2 is 2.00 bits per heavy atom. The average molecular weight is 292 g/mol. The van der Waals surface area contributed by atoms with Crippen LogP contribution in [0.5, 0.6) is 0 Å². The van der Waals surface area contributed by atoms with Crippen molar-refractivity contribution in [2.24, 2.45) is 0 Å². The highest BCUT2D eigenvalue weighted by Gasteiger charge is 2.15. The van der Waals surface area contributed by atoms with Crippen LogP contribution in [-0.2, 0) is 27.4 Å². The first-order chi connectivity index (χ1) is 10.3. The van der Waals surface area contributed by atoms with Crippen LogP contribution >= 0.6 is 0 Å². The van der Waals surface area contributed by atoms with Gasteiger partial charge in [0.2, 0.25) is 5.91 Å². The number of amides is 1. The molecule has 0 atom stereocenters. The SMILES string of the molecule is COCc1ccccc1CNCC(=O)NC1CCOCC1. The number of hydrogen-bond acceptors (Lipinski definition) is 4. The quantitative estimate of drug-likeness (QED) is 0.793. The minimum atomic E-state index is 0.0473. The number of carbonyl (C=O) groups excluding carboxylic acids is 1. The van der Waals surface area contributed by atoms with Gasteiger partial charge in [-0.05, 0) is 24.0 Å². The van der Waals surface area contributed by atoms with Gasteiger partial charge < -0.3 is 20.1 Å². The van der Waals surface area contributed by atoms with Gasteiger partial charge in [0.05, 0.1) is 13.2 Å². The fraction of sp³-hybridized carbons (Fsp3) is 0.562. The molecular weight excluding hydrogens is 268 g/mol. The van der Waals surface area contributed by atoms with Crippen molar-refractivity contribution in [1.82, 2.24) is 10.6 Å². The normalized spacial score (nSPS) is 15.9. The fourth-order valence-corrected chi connectivity index (χ4v) is 2.46. The maximum atomic E-state index is 11.9. The second kappa shape index (κ2) is 8.77. The molecule has 0 spiro atoms. The molecule has 1 aromatic carbocycles. The van der Waals surface area contributed by atoms with E-state index in [-0.39, 0.29) is 11.9 Å². The van der Waals surface area contributed by atoms with E-state index in [0.717, 1.165) is 31.6 Å². The first-order valence-corrected chi connectivity index (χ1v) is 7.43. The lowest BCUT2D eigenvalue weighted by atomic mass is 10.1. The van der Waals surface area contributed by atoms with E-state index in [9.17, 15) is 4.79 Å². The Hall–Kier alpha value is -1.43. The van der Waals surface area contributed by atoms with Crippen LogP contribution in [0.3, 0.4) is 0 Å². The molecule has 0 unspecified atom stereocenters. The molecule has 1 aliphatic heterocycles. The van der Waals surface area contributed by atoms with Crippen molar-refractivity contribution in [3.05, 3.63) is 35.4 Å². The van der Waals surface area contributed by atoms with Gasteiger partial charge in [-0.15, -0.1) is 0 Å². The molecule has 2 rings (SSSR count). The molecule has 21 heavy (non-hydrogen) atoms. The summed E-state index contributed by atoms with van der Waals surface area (Å²) in [4.78, 5) is 11.9. The van der Waals surface area contributed by atoms with Crippen molar-refractivity contribution in [3.8, 4) is 0 Å². The lowest BCUT2D eigenvalue weighted by Gasteiger charge is -2.23. The van der Waals surface area contributed by atoms with Crippen LogP contribution in [-0.4, -0.2) is 38.8 Å². The molecule has 5 nitrogen and oxygen atoms in total. The Bertz CT molecular complexity index is 445. The molecule has 1 heterocycles. The number of carbonyl (C=O) groups is 1. The predicted octanol–water partition coefficient (Wildman–Crippen LogP) is 1.22. The van der Waals surface area contributed by atoms with Gasteiger partial charge in [0.15, 0.2) is 0 Å². The van der Waals surface area contributed by atoms with E-state index >= 15 is 0 Å². The molecule has 1 fully saturated rings. The van der Waals surface area contributed by atoms with Gasteiger partial charge in [-0.2, -0.15) is 0 Å². The maximum Gasteiger partial charge on any atom is 0.234 e. The summed E-state index contributed by atoms with van der Waals surface area (Å²) in [7, 11) is 1.69. The van der Waals surface area contributed by atoms with Crippen LogP contribution in [0, 0.1) is 0 Å². The smallest absolute Gasteiger partial charge is 0.234 e. The Morgan fingerprint density at radius 1 is 1.29 bits per heavy atom. The Balaban J connectivity index is 1.72. The number of hydrogen-bond donors (Lipinski definition) is 2. The zero-order valence-corrected chi connectivity index (χ0v) is 12.6. The van der Waals surface area contributed by atoms with Crippen LogP contribution in [0.15, 0.2) is 24.3 Å². The second-order valence-corrected chi connectivity index (χ2v) is 5.26. The molecule has 1 aliphatic rings.